The summed E-state index contributed by atoms with van der Waals surface area (Å²) >= 11 is 4.68. The number of thiocarbonyl (C=S) groups is 1. The fourth-order valence-corrected chi connectivity index (χ4v) is 1.36. The fourth-order valence-electron chi connectivity index (χ4n) is 1.14. The summed E-state index contributed by atoms with van der Waals surface area (Å²) in [5, 5.41) is 2.55. The van der Waals surface area contributed by atoms with E-state index in [-0.39, 0.29) is 11.1 Å². The maximum absolute atomic E-state index is 11.1. The van der Waals surface area contributed by atoms with Crippen molar-refractivity contribution >= 4 is 23.3 Å². The Morgan fingerprint density at radius 1 is 1.62 bits per heavy atom. The lowest BCUT2D eigenvalue weighted by molar-refractivity contribution is -0.123. The molecule has 4 nitrogen and oxygen atoms in total. The van der Waals surface area contributed by atoms with Crippen molar-refractivity contribution in [3.63, 3.8) is 0 Å². The third-order valence-electron chi connectivity index (χ3n) is 1.73. The number of hydrogen-bond donors (Lipinski definition) is 1. The molecule has 1 aromatic heterocycles. The molecular formula is C8H7NO3S. The molecule has 1 N–H and O–H groups in total. The van der Waals surface area contributed by atoms with Crippen LogP contribution in [0.3, 0.4) is 0 Å². The maximum Gasteiger partial charge on any atom is 0.268 e. The van der Waals surface area contributed by atoms with Crippen LogP contribution in [0.4, 0.5) is 0 Å². The van der Waals surface area contributed by atoms with E-state index in [0.29, 0.717) is 12.2 Å². The molecule has 1 amide bonds. The fraction of sp³-hybridized carbons (Fsp3) is 0.250. The average Bonchev–Trinajstić information content (AvgIpc) is 2.63. The summed E-state index contributed by atoms with van der Waals surface area (Å²) in [6.07, 6.45) is 1.43. The number of nitrogens with one attached hydrogen (secondary N) is 1. The van der Waals surface area contributed by atoms with Gasteiger partial charge in [0, 0.05) is 0 Å². The minimum absolute atomic E-state index is 0.140. The number of carbonyl (C=O) groups is 1. The van der Waals surface area contributed by atoms with Crippen LogP contribution >= 0.6 is 12.2 Å². The highest BCUT2D eigenvalue weighted by molar-refractivity contribution is 7.80. The molecule has 2 rings (SSSR count). The molecule has 1 saturated heterocycles. The first kappa shape index (κ1) is 8.25. The topological polar surface area (TPSA) is 51.5 Å². The van der Waals surface area contributed by atoms with Crippen molar-refractivity contribution in [2.45, 2.75) is 12.5 Å². The van der Waals surface area contributed by atoms with Gasteiger partial charge in [-0.05, 0) is 24.4 Å². The molecule has 68 valence electrons. The summed E-state index contributed by atoms with van der Waals surface area (Å²) in [6, 6.07) is 3.55. The lowest BCUT2D eigenvalue weighted by atomic mass is 10.2. The molecule has 0 bridgehead atoms. The first-order chi connectivity index (χ1) is 6.25. The van der Waals surface area contributed by atoms with E-state index in [2.05, 4.69) is 17.5 Å². The second kappa shape index (κ2) is 3.18. The van der Waals surface area contributed by atoms with Gasteiger partial charge in [-0.25, -0.2) is 0 Å². The molecular weight excluding hydrogens is 190 g/mol. The van der Waals surface area contributed by atoms with Crippen molar-refractivity contribution in [1.82, 2.24) is 5.32 Å². The normalized spacial score (nSPS) is 21.4. The van der Waals surface area contributed by atoms with Crippen molar-refractivity contribution in [3.8, 4) is 0 Å². The van der Waals surface area contributed by atoms with Crippen LogP contribution < -0.4 is 5.32 Å². The van der Waals surface area contributed by atoms with Crippen LogP contribution in [-0.2, 0) is 16.0 Å². The van der Waals surface area contributed by atoms with Crippen molar-refractivity contribution in [2.75, 3.05) is 0 Å². The zero-order valence-corrected chi connectivity index (χ0v) is 7.47. The van der Waals surface area contributed by atoms with Gasteiger partial charge in [0.1, 0.15) is 5.76 Å². The summed E-state index contributed by atoms with van der Waals surface area (Å²) in [5.74, 6) is 0.506. The minimum atomic E-state index is -0.543. The van der Waals surface area contributed by atoms with E-state index in [1.807, 2.05) is 0 Å². The van der Waals surface area contributed by atoms with Crippen molar-refractivity contribution in [1.29, 1.82) is 0 Å². The molecule has 0 spiro atoms. The second-order valence-electron chi connectivity index (χ2n) is 2.67. The summed E-state index contributed by atoms with van der Waals surface area (Å²) in [4.78, 5) is 11.1. The van der Waals surface area contributed by atoms with Crippen LogP contribution in [0.25, 0.3) is 0 Å². The molecule has 0 radical (unpaired) electrons. The molecule has 0 saturated carbocycles. The van der Waals surface area contributed by atoms with Gasteiger partial charge < -0.3 is 9.15 Å². The molecule has 0 aliphatic carbocycles. The summed E-state index contributed by atoms with van der Waals surface area (Å²) < 4.78 is 10.1. The number of amides is 1. The van der Waals surface area contributed by atoms with Gasteiger partial charge in [-0.2, -0.15) is 0 Å². The Morgan fingerprint density at radius 2 is 2.46 bits per heavy atom. The van der Waals surface area contributed by atoms with Crippen LogP contribution in [0.15, 0.2) is 22.8 Å². The summed E-state index contributed by atoms with van der Waals surface area (Å²) in [5.41, 5.74) is 0. The molecule has 1 aliphatic rings. The molecule has 5 heteroatoms. The minimum Gasteiger partial charge on any atom is -0.469 e. The van der Waals surface area contributed by atoms with E-state index < -0.39 is 6.10 Å². The first-order valence-corrected chi connectivity index (χ1v) is 4.20. The van der Waals surface area contributed by atoms with E-state index in [4.69, 9.17) is 9.15 Å². The first-order valence-electron chi connectivity index (χ1n) is 3.79. The van der Waals surface area contributed by atoms with Crippen LogP contribution in [-0.4, -0.2) is 17.2 Å². The van der Waals surface area contributed by atoms with Gasteiger partial charge in [-0.15, -0.1) is 0 Å². The van der Waals surface area contributed by atoms with Gasteiger partial charge >= 0.3 is 0 Å². The predicted octanol–water partition coefficient (Wildman–Crippen LogP) is 0.622. The lowest BCUT2D eigenvalue weighted by Gasteiger charge is -2.02. The van der Waals surface area contributed by atoms with Crippen molar-refractivity contribution in [3.05, 3.63) is 24.2 Å². The Bertz CT molecular complexity index is 333. The number of carbonyl (C=O) groups excluding carboxylic acids is 1. The SMILES string of the molecule is O=C1NC(=S)OC1Cc1ccco1. The van der Waals surface area contributed by atoms with E-state index in [1.165, 1.54) is 0 Å². The van der Waals surface area contributed by atoms with Crippen molar-refractivity contribution < 1.29 is 13.9 Å². The van der Waals surface area contributed by atoms with Gasteiger partial charge in [0.15, 0.2) is 6.10 Å². The highest BCUT2D eigenvalue weighted by Gasteiger charge is 2.30. The highest BCUT2D eigenvalue weighted by Crippen LogP contribution is 2.10. The van der Waals surface area contributed by atoms with E-state index in [9.17, 15) is 4.79 Å². The third-order valence-corrected chi connectivity index (χ3v) is 1.93. The Morgan fingerprint density at radius 3 is 3.00 bits per heavy atom. The standard InChI is InChI=1S/C8H7NO3S/c10-7-6(12-8(13)9-7)4-5-2-1-3-11-5/h1-3,6H,4H2,(H,9,10,13). The average molecular weight is 197 g/mol. The number of ether oxygens (including phenoxy) is 1. The van der Waals surface area contributed by atoms with Crippen LogP contribution in [0.5, 0.6) is 0 Å². The van der Waals surface area contributed by atoms with E-state index in [1.54, 1.807) is 18.4 Å². The van der Waals surface area contributed by atoms with Gasteiger partial charge in [0.05, 0.1) is 12.7 Å². The zero-order valence-electron chi connectivity index (χ0n) is 6.65. The monoisotopic (exact) mass is 197 g/mol. The molecule has 0 aromatic carbocycles. The van der Waals surface area contributed by atoms with Gasteiger partial charge in [-0.1, -0.05) is 0 Å². The number of furan rings is 1. The van der Waals surface area contributed by atoms with E-state index >= 15 is 0 Å². The molecule has 2 heterocycles. The molecule has 1 aliphatic heterocycles. The molecule has 1 unspecified atom stereocenters. The second-order valence-corrected chi connectivity index (χ2v) is 3.04. The molecule has 1 atom stereocenters. The Balaban J connectivity index is 2.03. The molecule has 13 heavy (non-hydrogen) atoms. The van der Waals surface area contributed by atoms with Crippen LogP contribution in [0, 0.1) is 0 Å². The predicted molar refractivity (Wildman–Crippen MR) is 48.0 cm³/mol. The van der Waals surface area contributed by atoms with Gasteiger partial charge in [0.2, 0.25) is 0 Å². The smallest absolute Gasteiger partial charge is 0.268 e. The Labute approximate surface area is 79.9 Å². The quantitative estimate of drug-likeness (QED) is 0.706. The molecule has 1 aromatic rings. The van der Waals surface area contributed by atoms with E-state index in [0.717, 1.165) is 0 Å². The summed E-state index contributed by atoms with van der Waals surface area (Å²) in [7, 11) is 0. The van der Waals surface area contributed by atoms with Crippen LogP contribution in [0.1, 0.15) is 5.76 Å². The largest absolute Gasteiger partial charge is 0.469 e. The lowest BCUT2D eigenvalue weighted by Crippen LogP contribution is -2.25. The van der Waals surface area contributed by atoms with Gasteiger partial charge in [-0.3, -0.25) is 10.1 Å². The third kappa shape index (κ3) is 1.70. The highest BCUT2D eigenvalue weighted by atomic mass is 32.1. The zero-order chi connectivity index (χ0) is 9.26. The van der Waals surface area contributed by atoms with Gasteiger partial charge in [0.25, 0.3) is 11.1 Å². The summed E-state index contributed by atoms with van der Waals surface area (Å²) in [6.45, 7) is 0. The van der Waals surface area contributed by atoms with Crippen molar-refractivity contribution in [2.24, 2.45) is 0 Å². The number of hydrogen-bond acceptors (Lipinski definition) is 4. The Hall–Kier alpha value is -1.36. The Kier molecular flexibility index (Phi) is 2.02. The maximum atomic E-state index is 11.1. The number of rotatable bonds is 2. The van der Waals surface area contributed by atoms with Crippen LogP contribution in [0.2, 0.25) is 0 Å². The molecule has 1 fully saturated rings.